The first-order valence-corrected chi connectivity index (χ1v) is 9.38. The predicted molar refractivity (Wildman–Crippen MR) is 89.5 cm³/mol. The van der Waals surface area contributed by atoms with Crippen molar-refractivity contribution in [3.05, 3.63) is 0 Å². The van der Waals surface area contributed by atoms with Crippen molar-refractivity contribution < 1.29 is 9.90 Å². The molecule has 126 valence electrons. The van der Waals surface area contributed by atoms with Crippen molar-refractivity contribution in [1.29, 1.82) is 0 Å². The molecular formula is C20H34O2. The molecule has 2 heteroatoms. The number of hydrogen-bond donors (Lipinski definition) is 1. The van der Waals surface area contributed by atoms with Gasteiger partial charge in [-0.3, -0.25) is 0 Å². The monoisotopic (exact) mass is 306 g/mol. The van der Waals surface area contributed by atoms with Crippen molar-refractivity contribution in [2.45, 2.75) is 85.2 Å². The third kappa shape index (κ3) is 2.12. The lowest BCUT2D eigenvalue weighted by molar-refractivity contribution is -0.183. The van der Waals surface area contributed by atoms with E-state index in [2.05, 4.69) is 27.7 Å². The fourth-order valence-corrected chi connectivity index (χ4v) is 6.68. The predicted octanol–water partition coefficient (Wildman–Crippen LogP) is 4.60. The smallest absolute Gasteiger partial charge is 0.123 e. The minimum atomic E-state index is -0.269. The number of rotatable bonds is 1. The molecule has 1 N–H and O–H groups in total. The molecule has 22 heavy (non-hydrogen) atoms. The summed E-state index contributed by atoms with van der Waals surface area (Å²) in [5, 5.41) is 10.7. The zero-order valence-electron chi connectivity index (χ0n) is 14.9. The number of fused-ring (bicyclic) bond motifs is 3. The van der Waals surface area contributed by atoms with Gasteiger partial charge >= 0.3 is 0 Å². The van der Waals surface area contributed by atoms with Gasteiger partial charge in [0.15, 0.2) is 0 Å². The molecule has 0 saturated heterocycles. The number of aldehydes is 1. The Kier molecular flexibility index (Phi) is 3.99. The molecule has 0 radical (unpaired) electrons. The van der Waals surface area contributed by atoms with Crippen molar-refractivity contribution in [3.8, 4) is 0 Å². The molecule has 3 rings (SSSR count). The summed E-state index contributed by atoms with van der Waals surface area (Å²) in [6, 6.07) is 0. The van der Waals surface area contributed by atoms with Crippen LogP contribution in [0.15, 0.2) is 0 Å². The maximum absolute atomic E-state index is 11.3. The van der Waals surface area contributed by atoms with Crippen LogP contribution < -0.4 is 0 Å². The summed E-state index contributed by atoms with van der Waals surface area (Å²) >= 11 is 0. The second-order valence-electron chi connectivity index (χ2n) is 9.57. The molecular weight excluding hydrogens is 272 g/mol. The van der Waals surface area contributed by atoms with Crippen molar-refractivity contribution in [3.63, 3.8) is 0 Å². The Hall–Kier alpha value is -0.370. The fourth-order valence-electron chi connectivity index (χ4n) is 6.68. The highest BCUT2D eigenvalue weighted by Crippen LogP contribution is 2.70. The van der Waals surface area contributed by atoms with E-state index in [0.717, 1.165) is 25.5 Å². The second kappa shape index (κ2) is 5.33. The minimum Gasteiger partial charge on any atom is -0.393 e. The zero-order chi connectivity index (χ0) is 16.2. The van der Waals surface area contributed by atoms with Gasteiger partial charge in [0.1, 0.15) is 6.29 Å². The maximum atomic E-state index is 11.3. The highest BCUT2D eigenvalue weighted by Gasteiger charge is 2.62. The largest absolute Gasteiger partial charge is 0.393 e. The number of hydrogen-bond acceptors (Lipinski definition) is 2. The second-order valence-corrected chi connectivity index (χ2v) is 9.57. The van der Waals surface area contributed by atoms with Crippen LogP contribution in [0, 0.1) is 34.0 Å². The molecule has 0 heterocycles. The van der Waals surface area contributed by atoms with Gasteiger partial charge in [-0.2, -0.15) is 0 Å². The summed E-state index contributed by atoms with van der Waals surface area (Å²) in [6.07, 6.45) is 9.95. The maximum Gasteiger partial charge on any atom is 0.123 e. The molecule has 0 aliphatic heterocycles. The van der Waals surface area contributed by atoms with E-state index in [0.29, 0.717) is 34.5 Å². The lowest BCUT2D eigenvalue weighted by Crippen LogP contribution is -2.59. The van der Waals surface area contributed by atoms with E-state index in [1.54, 1.807) is 0 Å². The van der Waals surface area contributed by atoms with Crippen LogP contribution in [0.3, 0.4) is 0 Å². The van der Waals surface area contributed by atoms with Gasteiger partial charge in [0.25, 0.3) is 0 Å². The molecule has 0 aromatic carbocycles. The van der Waals surface area contributed by atoms with Crippen molar-refractivity contribution in [2.24, 2.45) is 34.0 Å². The number of aliphatic hydroxyl groups excluding tert-OH is 1. The zero-order valence-corrected chi connectivity index (χ0v) is 14.9. The summed E-state index contributed by atoms with van der Waals surface area (Å²) in [5.74, 6) is 1.08. The van der Waals surface area contributed by atoms with E-state index in [4.69, 9.17) is 0 Å². The SMILES string of the molecule is CC1(C)CCCC2(C)C3CCC(C=O)CC(O)C3CCC12C. The summed E-state index contributed by atoms with van der Waals surface area (Å²) in [7, 11) is 0. The molecule has 3 saturated carbocycles. The van der Waals surface area contributed by atoms with Gasteiger partial charge in [-0.25, -0.2) is 0 Å². The third-order valence-electron chi connectivity index (χ3n) is 8.64. The quantitative estimate of drug-likeness (QED) is 0.719. The lowest BCUT2D eigenvalue weighted by Gasteiger charge is -2.66. The van der Waals surface area contributed by atoms with E-state index >= 15 is 0 Å². The van der Waals surface area contributed by atoms with E-state index in [-0.39, 0.29) is 12.0 Å². The fraction of sp³-hybridized carbons (Fsp3) is 0.950. The molecule has 0 aromatic heterocycles. The van der Waals surface area contributed by atoms with Crippen LogP contribution in [0.1, 0.15) is 79.1 Å². The topological polar surface area (TPSA) is 37.3 Å². The normalized spacial score (nSPS) is 51.3. The van der Waals surface area contributed by atoms with E-state index in [1.165, 1.54) is 25.7 Å². The van der Waals surface area contributed by atoms with Crippen LogP contribution in [-0.4, -0.2) is 17.5 Å². The third-order valence-corrected chi connectivity index (χ3v) is 8.64. The van der Waals surface area contributed by atoms with Crippen LogP contribution in [0.25, 0.3) is 0 Å². The molecule has 0 aromatic rings. The molecule has 3 aliphatic carbocycles. The Labute approximate surface area is 136 Å². The number of carbonyl (C=O) groups excluding carboxylic acids is 1. The first kappa shape index (κ1) is 16.5. The Morgan fingerprint density at radius 3 is 2.41 bits per heavy atom. The number of aliphatic hydroxyl groups is 1. The molecule has 3 aliphatic rings. The Balaban J connectivity index is 1.98. The summed E-state index contributed by atoms with van der Waals surface area (Å²) < 4.78 is 0. The van der Waals surface area contributed by atoms with Crippen molar-refractivity contribution in [2.75, 3.05) is 0 Å². The Morgan fingerprint density at radius 1 is 1.00 bits per heavy atom. The highest BCUT2D eigenvalue weighted by atomic mass is 16.3. The molecule has 6 atom stereocenters. The first-order valence-electron chi connectivity index (χ1n) is 9.38. The Bertz CT molecular complexity index is 443. The van der Waals surface area contributed by atoms with Crippen molar-refractivity contribution in [1.82, 2.24) is 0 Å². The van der Waals surface area contributed by atoms with Gasteiger partial charge in [-0.05, 0) is 73.0 Å². The van der Waals surface area contributed by atoms with Gasteiger partial charge in [0, 0.05) is 5.92 Å². The average molecular weight is 306 g/mol. The summed E-state index contributed by atoms with van der Waals surface area (Å²) in [4.78, 5) is 11.3. The van der Waals surface area contributed by atoms with Crippen LogP contribution >= 0.6 is 0 Å². The van der Waals surface area contributed by atoms with Crippen LogP contribution in [-0.2, 0) is 4.79 Å². The van der Waals surface area contributed by atoms with Crippen LogP contribution in [0.2, 0.25) is 0 Å². The summed E-state index contributed by atoms with van der Waals surface area (Å²) in [6.45, 7) is 9.97. The van der Waals surface area contributed by atoms with Crippen LogP contribution in [0.5, 0.6) is 0 Å². The molecule has 0 bridgehead atoms. The van der Waals surface area contributed by atoms with Gasteiger partial charge in [-0.15, -0.1) is 0 Å². The van der Waals surface area contributed by atoms with Crippen molar-refractivity contribution >= 4 is 6.29 Å². The Morgan fingerprint density at radius 2 is 1.73 bits per heavy atom. The summed E-state index contributed by atoms with van der Waals surface area (Å²) in [5.41, 5.74) is 1.06. The van der Waals surface area contributed by atoms with Gasteiger partial charge in [0.2, 0.25) is 0 Å². The van der Waals surface area contributed by atoms with Crippen LogP contribution in [0.4, 0.5) is 0 Å². The molecule has 0 spiro atoms. The van der Waals surface area contributed by atoms with Gasteiger partial charge in [-0.1, -0.05) is 34.1 Å². The van der Waals surface area contributed by atoms with Gasteiger partial charge in [0.05, 0.1) is 6.10 Å². The van der Waals surface area contributed by atoms with E-state index in [1.807, 2.05) is 0 Å². The molecule has 3 fully saturated rings. The van der Waals surface area contributed by atoms with Gasteiger partial charge < -0.3 is 9.90 Å². The first-order chi connectivity index (χ1) is 10.2. The standard InChI is InChI=1S/C20H34O2/c1-18(2)9-5-10-19(3)16-7-6-14(13-21)12-17(22)15(16)8-11-20(18,19)4/h13-17,22H,5-12H2,1-4H3. The highest BCUT2D eigenvalue weighted by molar-refractivity contribution is 5.53. The minimum absolute atomic E-state index is 0.0760. The average Bonchev–Trinajstić information content (AvgIpc) is 2.61. The molecule has 6 unspecified atom stereocenters. The lowest BCUT2D eigenvalue weighted by atomic mass is 9.38. The molecule has 2 nitrogen and oxygen atoms in total. The number of carbonyl (C=O) groups is 1. The molecule has 0 amide bonds. The van der Waals surface area contributed by atoms with E-state index < -0.39 is 0 Å². The van der Waals surface area contributed by atoms with E-state index in [9.17, 15) is 9.90 Å².